The van der Waals surface area contributed by atoms with Gasteiger partial charge in [0.25, 0.3) is 0 Å². The molecule has 2 N–H and O–H groups in total. The van der Waals surface area contributed by atoms with Gasteiger partial charge in [-0.15, -0.1) is 0 Å². The molecule has 5 nitrogen and oxygen atoms in total. The van der Waals surface area contributed by atoms with Crippen LogP contribution in [-0.4, -0.2) is 31.2 Å². The number of aromatic nitrogens is 1. The summed E-state index contributed by atoms with van der Waals surface area (Å²) < 4.78 is 10.3. The molecule has 0 saturated heterocycles. The van der Waals surface area contributed by atoms with Gasteiger partial charge in [-0.05, 0) is 37.1 Å². The lowest BCUT2D eigenvalue weighted by Crippen LogP contribution is -2.23. The van der Waals surface area contributed by atoms with Crippen molar-refractivity contribution in [1.82, 2.24) is 10.3 Å². The number of methoxy groups -OCH3 is 1. The van der Waals surface area contributed by atoms with E-state index in [9.17, 15) is 4.79 Å². The van der Waals surface area contributed by atoms with Crippen molar-refractivity contribution in [1.29, 1.82) is 0 Å². The summed E-state index contributed by atoms with van der Waals surface area (Å²) in [6, 6.07) is 5.94. The maximum Gasteiger partial charge on any atom is 0.332 e. The SMILES string of the molecule is CCOC(=O)C=C1NCCc2c1[nH]c1ccc(OC)cc21. The summed E-state index contributed by atoms with van der Waals surface area (Å²) in [6.07, 6.45) is 2.41. The molecule has 0 fully saturated rings. The number of hydrogen-bond donors (Lipinski definition) is 2. The molecule has 0 bridgehead atoms. The molecule has 3 rings (SSSR count). The molecule has 2 heterocycles. The molecule has 0 amide bonds. The van der Waals surface area contributed by atoms with Crippen molar-refractivity contribution < 1.29 is 14.3 Å². The second kappa shape index (κ2) is 5.52. The van der Waals surface area contributed by atoms with E-state index < -0.39 is 0 Å². The van der Waals surface area contributed by atoms with E-state index >= 15 is 0 Å². The second-order valence-electron chi connectivity index (χ2n) is 4.88. The smallest absolute Gasteiger partial charge is 0.332 e. The van der Waals surface area contributed by atoms with Crippen LogP contribution >= 0.6 is 0 Å². The van der Waals surface area contributed by atoms with Crippen molar-refractivity contribution in [2.24, 2.45) is 0 Å². The number of esters is 1. The Labute approximate surface area is 122 Å². The third kappa shape index (κ3) is 2.46. The van der Waals surface area contributed by atoms with Crippen LogP contribution in [0.1, 0.15) is 18.2 Å². The molecule has 0 unspecified atom stereocenters. The summed E-state index contributed by atoms with van der Waals surface area (Å²) in [7, 11) is 1.66. The summed E-state index contributed by atoms with van der Waals surface area (Å²) in [5.41, 5.74) is 3.99. The minimum Gasteiger partial charge on any atom is -0.497 e. The van der Waals surface area contributed by atoms with Gasteiger partial charge in [-0.2, -0.15) is 0 Å². The topological polar surface area (TPSA) is 63.3 Å². The van der Waals surface area contributed by atoms with Crippen molar-refractivity contribution >= 4 is 22.6 Å². The molecule has 0 aliphatic carbocycles. The van der Waals surface area contributed by atoms with Gasteiger partial charge in [-0.3, -0.25) is 0 Å². The normalized spacial score (nSPS) is 15.6. The van der Waals surface area contributed by atoms with Crippen molar-refractivity contribution in [3.8, 4) is 5.75 Å². The lowest BCUT2D eigenvalue weighted by molar-refractivity contribution is -0.137. The molecule has 1 aromatic heterocycles. The number of nitrogens with one attached hydrogen (secondary N) is 2. The fraction of sp³-hybridized carbons (Fsp3) is 0.312. The number of rotatable bonds is 3. The molecule has 2 aromatic rings. The predicted molar refractivity (Wildman–Crippen MR) is 81.2 cm³/mol. The van der Waals surface area contributed by atoms with Gasteiger partial charge in [0.1, 0.15) is 5.75 Å². The molecular formula is C16H18N2O3. The Morgan fingerprint density at radius 1 is 1.43 bits per heavy atom. The van der Waals surface area contributed by atoms with Crippen LogP contribution in [0.4, 0.5) is 0 Å². The Kier molecular flexibility index (Phi) is 3.56. The van der Waals surface area contributed by atoms with Crippen molar-refractivity contribution in [2.75, 3.05) is 20.3 Å². The molecule has 1 aliphatic rings. The number of fused-ring (bicyclic) bond motifs is 3. The first-order chi connectivity index (χ1) is 10.2. The van der Waals surface area contributed by atoms with Crippen molar-refractivity contribution in [2.45, 2.75) is 13.3 Å². The first kappa shape index (κ1) is 13.5. The number of benzene rings is 1. The number of H-pyrrole nitrogens is 1. The zero-order chi connectivity index (χ0) is 14.8. The Balaban J connectivity index is 2.08. The van der Waals surface area contributed by atoms with Crippen LogP contribution in [-0.2, 0) is 16.0 Å². The van der Waals surface area contributed by atoms with Gasteiger partial charge in [0.15, 0.2) is 0 Å². The van der Waals surface area contributed by atoms with Gasteiger partial charge in [-0.25, -0.2) is 4.79 Å². The predicted octanol–water partition coefficient (Wildman–Crippen LogP) is 2.23. The first-order valence-electron chi connectivity index (χ1n) is 7.04. The van der Waals surface area contributed by atoms with Gasteiger partial charge in [0, 0.05) is 23.5 Å². The zero-order valence-corrected chi connectivity index (χ0v) is 12.2. The van der Waals surface area contributed by atoms with E-state index in [1.54, 1.807) is 14.0 Å². The summed E-state index contributed by atoms with van der Waals surface area (Å²) in [4.78, 5) is 15.0. The van der Waals surface area contributed by atoms with Gasteiger partial charge >= 0.3 is 5.97 Å². The van der Waals surface area contributed by atoms with Crippen LogP contribution in [0.2, 0.25) is 0 Å². The highest BCUT2D eigenvalue weighted by Crippen LogP contribution is 2.31. The van der Waals surface area contributed by atoms with E-state index in [0.717, 1.165) is 41.0 Å². The van der Waals surface area contributed by atoms with Gasteiger partial charge < -0.3 is 19.8 Å². The fourth-order valence-electron chi connectivity index (χ4n) is 2.68. The zero-order valence-electron chi connectivity index (χ0n) is 12.2. The summed E-state index contributed by atoms with van der Waals surface area (Å²) >= 11 is 0. The standard InChI is InChI=1S/C16H18N2O3/c1-3-21-15(19)9-14-16-11(6-7-17-14)12-8-10(20-2)4-5-13(12)18-16/h4-5,8-9,17-18H,3,6-7H2,1-2H3. The molecular weight excluding hydrogens is 268 g/mol. The molecule has 5 heteroatoms. The highest BCUT2D eigenvalue weighted by Gasteiger charge is 2.20. The molecule has 0 radical (unpaired) electrons. The average molecular weight is 286 g/mol. The Hall–Kier alpha value is -2.43. The van der Waals surface area contributed by atoms with Crippen LogP contribution in [0.15, 0.2) is 24.3 Å². The molecule has 21 heavy (non-hydrogen) atoms. The van der Waals surface area contributed by atoms with Crippen molar-refractivity contribution in [3.63, 3.8) is 0 Å². The molecule has 0 saturated carbocycles. The summed E-state index contributed by atoms with van der Waals surface area (Å²) in [5.74, 6) is 0.503. The molecule has 110 valence electrons. The highest BCUT2D eigenvalue weighted by atomic mass is 16.5. The lowest BCUT2D eigenvalue weighted by Gasteiger charge is -2.17. The molecule has 0 atom stereocenters. The number of aromatic amines is 1. The van der Waals surface area contributed by atoms with E-state index in [1.807, 2.05) is 18.2 Å². The Morgan fingerprint density at radius 2 is 2.29 bits per heavy atom. The quantitative estimate of drug-likeness (QED) is 0.671. The van der Waals surface area contributed by atoms with E-state index in [1.165, 1.54) is 11.6 Å². The lowest BCUT2D eigenvalue weighted by atomic mass is 10.0. The summed E-state index contributed by atoms with van der Waals surface area (Å²) in [5, 5.41) is 4.39. The average Bonchev–Trinajstić information content (AvgIpc) is 2.86. The van der Waals surface area contributed by atoms with Gasteiger partial charge in [-0.1, -0.05) is 0 Å². The summed E-state index contributed by atoms with van der Waals surface area (Å²) in [6.45, 7) is 2.97. The number of carbonyl (C=O) groups excluding carboxylic acids is 1. The number of hydrogen-bond acceptors (Lipinski definition) is 4. The second-order valence-corrected chi connectivity index (χ2v) is 4.88. The van der Waals surface area contributed by atoms with Crippen LogP contribution in [0.3, 0.4) is 0 Å². The number of carbonyl (C=O) groups is 1. The van der Waals surface area contributed by atoms with Crippen LogP contribution in [0, 0.1) is 0 Å². The Bertz CT molecular complexity index is 716. The van der Waals surface area contributed by atoms with E-state index in [2.05, 4.69) is 10.3 Å². The number of ether oxygens (including phenoxy) is 2. The highest BCUT2D eigenvalue weighted by molar-refractivity contribution is 5.96. The third-order valence-corrected chi connectivity index (χ3v) is 3.62. The third-order valence-electron chi connectivity index (χ3n) is 3.62. The minimum absolute atomic E-state index is 0.330. The van der Waals surface area contributed by atoms with Gasteiger partial charge in [0.05, 0.1) is 25.1 Å². The first-order valence-corrected chi connectivity index (χ1v) is 7.04. The maximum atomic E-state index is 11.7. The van der Waals surface area contributed by atoms with Crippen LogP contribution in [0.5, 0.6) is 5.75 Å². The van der Waals surface area contributed by atoms with E-state index in [-0.39, 0.29) is 5.97 Å². The van der Waals surface area contributed by atoms with Gasteiger partial charge in [0.2, 0.25) is 0 Å². The minimum atomic E-state index is -0.330. The van der Waals surface area contributed by atoms with E-state index in [0.29, 0.717) is 6.61 Å². The monoisotopic (exact) mass is 286 g/mol. The fourth-order valence-corrected chi connectivity index (χ4v) is 2.68. The molecule has 1 aromatic carbocycles. The molecule has 1 aliphatic heterocycles. The molecule has 0 spiro atoms. The van der Waals surface area contributed by atoms with Crippen molar-refractivity contribution in [3.05, 3.63) is 35.5 Å². The van der Waals surface area contributed by atoms with Crippen LogP contribution < -0.4 is 10.1 Å². The Morgan fingerprint density at radius 3 is 3.05 bits per heavy atom. The largest absolute Gasteiger partial charge is 0.497 e. The maximum absolute atomic E-state index is 11.7. The van der Waals surface area contributed by atoms with Crippen LogP contribution in [0.25, 0.3) is 16.6 Å². The van der Waals surface area contributed by atoms with E-state index in [4.69, 9.17) is 9.47 Å².